The highest BCUT2D eigenvalue weighted by Crippen LogP contribution is 2.07. The maximum Gasteiger partial charge on any atom is -0.0411 e. The quantitative estimate of drug-likeness (QED) is 0.454. The smallest absolute Gasteiger partial charge is 0.0411 e. The van der Waals surface area contributed by atoms with Gasteiger partial charge in [0.05, 0.1) is 0 Å². The maximum absolute atomic E-state index is 4.00. The molecule has 0 aliphatic rings. The standard InChI is InChI=1S/C5H12.C2H6.C2H2.2CH4/c1-5(2,3)4;2*1-2;;/h1-4H3;1-2H3;1-2H;2*1H4. The fourth-order valence-electron chi connectivity index (χ4n) is 0. The van der Waals surface area contributed by atoms with Crippen LogP contribution in [0.2, 0.25) is 0 Å². The van der Waals surface area contributed by atoms with E-state index in [1.807, 2.05) is 13.8 Å². The molecule has 0 saturated heterocycles. The SMILES string of the molecule is C.C.C#C.CC.CC(C)(C)C. The van der Waals surface area contributed by atoms with Crippen molar-refractivity contribution in [2.24, 2.45) is 5.41 Å². The Morgan fingerprint density at radius 3 is 0.727 bits per heavy atom. The van der Waals surface area contributed by atoms with Crippen molar-refractivity contribution in [1.82, 2.24) is 0 Å². The molecule has 0 spiro atoms. The molecule has 0 unspecified atom stereocenters. The van der Waals surface area contributed by atoms with Crippen LogP contribution in [0.25, 0.3) is 0 Å². The average Bonchev–Trinajstić information content (AvgIpc) is 1.72. The van der Waals surface area contributed by atoms with Crippen molar-refractivity contribution in [3.05, 3.63) is 0 Å². The van der Waals surface area contributed by atoms with Crippen molar-refractivity contribution < 1.29 is 0 Å². The summed E-state index contributed by atoms with van der Waals surface area (Å²) in [6.07, 6.45) is 8.00. The molecular formula is C11H28. The van der Waals surface area contributed by atoms with Gasteiger partial charge in [-0.1, -0.05) is 56.4 Å². The van der Waals surface area contributed by atoms with Crippen LogP contribution in [-0.2, 0) is 0 Å². The average molecular weight is 160 g/mol. The topological polar surface area (TPSA) is 0 Å². The van der Waals surface area contributed by atoms with Gasteiger partial charge >= 0.3 is 0 Å². The van der Waals surface area contributed by atoms with Gasteiger partial charge in [-0.25, -0.2) is 0 Å². The van der Waals surface area contributed by atoms with E-state index in [9.17, 15) is 0 Å². The zero-order valence-corrected chi connectivity index (χ0v) is 7.65. The molecule has 0 heterocycles. The van der Waals surface area contributed by atoms with E-state index in [4.69, 9.17) is 0 Å². The molecule has 0 aliphatic carbocycles. The molecule has 0 aromatic carbocycles. The van der Waals surface area contributed by atoms with Gasteiger partial charge in [-0.3, -0.25) is 0 Å². The lowest BCUT2D eigenvalue weighted by atomic mass is 10.0. The van der Waals surface area contributed by atoms with Crippen LogP contribution >= 0.6 is 0 Å². The van der Waals surface area contributed by atoms with E-state index in [-0.39, 0.29) is 14.9 Å². The molecule has 0 heteroatoms. The summed E-state index contributed by atoms with van der Waals surface area (Å²) in [4.78, 5) is 0. The molecule has 72 valence electrons. The fraction of sp³-hybridized carbons (Fsp3) is 0.818. The summed E-state index contributed by atoms with van der Waals surface area (Å²) in [7, 11) is 0. The molecule has 0 bridgehead atoms. The normalized spacial score (nSPS) is 6.18. The maximum atomic E-state index is 4.00. The predicted octanol–water partition coefficient (Wildman–Crippen LogP) is 4.60. The number of terminal acetylenes is 1. The van der Waals surface area contributed by atoms with Crippen LogP contribution in [-0.4, -0.2) is 0 Å². The van der Waals surface area contributed by atoms with Crippen LogP contribution in [0.3, 0.4) is 0 Å². The highest BCUT2D eigenvalue weighted by Gasteiger charge is 1.95. The minimum absolute atomic E-state index is 0. The first-order chi connectivity index (χ1) is 4.00. The summed E-state index contributed by atoms with van der Waals surface area (Å²) in [5.74, 6) is 0. The summed E-state index contributed by atoms with van der Waals surface area (Å²) >= 11 is 0. The Morgan fingerprint density at radius 2 is 0.727 bits per heavy atom. The Balaban J connectivity index is -0.0000000178. The van der Waals surface area contributed by atoms with Crippen LogP contribution in [0.15, 0.2) is 0 Å². The third kappa shape index (κ3) is 2820. The Labute approximate surface area is 75.4 Å². The Hall–Kier alpha value is -0.440. The van der Waals surface area contributed by atoms with Crippen molar-refractivity contribution in [1.29, 1.82) is 0 Å². The third-order valence-electron chi connectivity index (χ3n) is 0. The lowest BCUT2D eigenvalue weighted by Gasteiger charge is -2.05. The van der Waals surface area contributed by atoms with Gasteiger partial charge in [-0.15, -0.1) is 12.8 Å². The molecule has 0 aliphatic heterocycles. The summed E-state index contributed by atoms with van der Waals surface area (Å²) < 4.78 is 0. The van der Waals surface area contributed by atoms with E-state index in [2.05, 4.69) is 40.5 Å². The lowest BCUT2D eigenvalue weighted by Crippen LogP contribution is -1.93. The fourth-order valence-corrected chi connectivity index (χ4v) is 0. The first kappa shape index (κ1) is 31.2. The molecule has 0 radical (unpaired) electrons. The minimum Gasteiger partial charge on any atom is -0.124 e. The van der Waals surface area contributed by atoms with Crippen LogP contribution in [0, 0.1) is 18.3 Å². The second-order valence-electron chi connectivity index (χ2n) is 3.00. The summed E-state index contributed by atoms with van der Waals surface area (Å²) in [5, 5.41) is 0. The van der Waals surface area contributed by atoms with Crippen molar-refractivity contribution >= 4 is 0 Å². The van der Waals surface area contributed by atoms with Crippen molar-refractivity contribution in [3.63, 3.8) is 0 Å². The molecule has 0 nitrogen and oxygen atoms in total. The van der Waals surface area contributed by atoms with Gasteiger partial charge < -0.3 is 0 Å². The van der Waals surface area contributed by atoms with Crippen molar-refractivity contribution in [2.75, 3.05) is 0 Å². The molecular weight excluding hydrogens is 132 g/mol. The van der Waals surface area contributed by atoms with E-state index in [0.717, 1.165) is 0 Å². The molecule has 0 saturated carbocycles. The largest absolute Gasteiger partial charge is 0.124 e. The third-order valence-corrected chi connectivity index (χ3v) is 0. The Kier molecular flexibility index (Phi) is 64.3. The molecule has 0 N–H and O–H groups in total. The molecule has 0 aromatic heterocycles. The van der Waals surface area contributed by atoms with Gasteiger partial charge in [0.1, 0.15) is 0 Å². The minimum atomic E-state index is 0. The second-order valence-corrected chi connectivity index (χ2v) is 3.00. The Morgan fingerprint density at radius 1 is 0.727 bits per heavy atom. The first-order valence-corrected chi connectivity index (χ1v) is 3.33. The Bertz CT molecular complexity index is 36.8. The van der Waals surface area contributed by atoms with E-state index in [1.54, 1.807) is 0 Å². The lowest BCUT2D eigenvalue weighted by molar-refractivity contribution is 0.469. The van der Waals surface area contributed by atoms with Gasteiger partial charge in [-0.05, 0) is 5.41 Å². The van der Waals surface area contributed by atoms with Crippen LogP contribution < -0.4 is 0 Å². The molecule has 11 heavy (non-hydrogen) atoms. The molecule has 0 amide bonds. The second kappa shape index (κ2) is 22.7. The van der Waals surface area contributed by atoms with E-state index < -0.39 is 0 Å². The first-order valence-electron chi connectivity index (χ1n) is 3.33. The molecule has 0 rings (SSSR count). The van der Waals surface area contributed by atoms with Crippen LogP contribution in [0.4, 0.5) is 0 Å². The van der Waals surface area contributed by atoms with Gasteiger partial charge in [0.25, 0.3) is 0 Å². The number of hydrogen-bond donors (Lipinski definition) is 0. The van der Waals surface area contributed by atoms with Gasteiger partial charge in [0.2, 0.25) is 0 Å². The monoisotopic (exact) mass is 160 g/mol. The van der Waals surface area contributed by atoms with Crippen molar-refractivity contribution in [2.45, 2.75) is 56.4 Å². The molecule has 0 atom stereocenters. The molecule has 0 fully saturated rings. The predicted molar refractivity (Wildman–Crippen MR) is 59.8 cm³/mol. The van der Waals surface area contributed by atoms with E-state index >= 15 is 0 Å². The van der Waals surface area contributed by atoms with Gasteiger partial charge in [-0.2, -0.15) is 0 Å². The van der Waals surface area contributed by atoms with E-state index in [0.29, 0.717) is 5.41 Å². The van der Waals surface area contributed by atoms with Crippen LogP contribution in [0.5, 0.6) is 0 Å². The van der Waals surface area contributed by atoms with Gasteiger partial charge in [0, 0.05) is 0 Å². The van der Waals surface area contributed by atoms with Crippen molar-refractivity contribution in [3.8, 4) is 12.8 Å². The zero-order valence-electron chi connectivity index (χ0n) is 7.65. The summed E-state index contributed by atoms with van der Waals surface area (Å²) in [6.45, 7) is 12.8. The van der Waals surface area contributed by atoms with Gasteiger partial charge in [0.15, 0.2) is 0 Å². The summed E-state index contributed by atoms with van der Waals surface area (Å²) in [5.41, 5.74) is 0.500. The molecule has 0 aromatic rings. The van der Waals surface area contributed by atoms with Crippen LogP contribution in [0.1, 0.15) is 56.4 Å². The van der Waals surface area contributed by atoms with E-state index in [1.165, 1.54) is 0 Å². The highest BCUT2D eigenvalue weighted by atomic mass is 14.0. The number of hydrogen-bond acceptors (Lipinski definition) is 0. The zero-order chi connectivity index (χ0) is 8.50. The highest BCUT2D eigenvalue weighted by molar-refractivity contribution is 4.47. The number of rotatable bonds is 0. The summed E-state index contributed by atoms with van der Waals surface area (Å²) in [6, 6.07) is 0.